The molecule has 0 aliphatic carbocycles. The Morgan fingerprint density at radius 2 is 1.65 bits per heavy atom. The van der Waals surface area contributed by atoms with Crippen molar-refractivity contribution < 1.29 is 24.2 Å². The molecule has 1 saturated heterocycles. The van der Waals surface area contributed by atoms with Crippen LogP contribution in [0.5, 0.6) is 5.75 Å². The first-order valence-corrected chi connectivity index (χ1v) is 11.0. The molecule has 1 aliphatic heterocycles. The molecule has 4 rings (SSSR count). The summed E-state index contributed by atoms with van der Waals surface area (Å²) in [5, 5.41) is 21.2. The van der Waals surface area contributed by atoms with Crippen molar-refractivity contribution in [3.63, 3.8) is 0 Å². The first kappa shape index (κ1) is 23.2. The number of ketones is 1. The summed E-state index contributed by atoms with van der Waals surface area (Å²) in [7, 11) is 0. The molecular formula is C28H26FNO4. The predicted octanol–water partition coefficient (Wildman–Crippen LogP) is 5.76. The first-order chi connectivity index (χ1) is 16.0. The molecule has 6 heteroatoms. The van der Waals surface area contributed by atoms with Gasteiger partial charge in [0.1, 0.15) is 17.3 Å². The Labute approximate surface area is 197 Å². The number of halogens is 1. The van der Waals surface area contributed by atoms with E-state index in [2.05, 4.69) is 0 Å². The van der Waals surface area contributed by atoms with Crippen molar-refractivity contribution in [2.75, 3.05) is 4.90 Å². The molecule has 1 fully saturated rings. The Balaban J connectivity index is 1.98. The summed E-state index contributed by atoms with van der Waals surface area (Å²) in [5.74, 6) is -2.56. The van der Waals surface area contributed by atoms with Crippen LogP contribution >= 0.6 is 0 Å². The van der Waals surface area contributed by atoms with E-state index in [1.54, 1.807) is 12.1 Å². The van der Waals surface area contributed by atoms with Crippen LogP contribution in [0, 0.1) is 12.7 Å². The maximum Gasteiger partial charge on any atom is 0.300 e. The van der Waals surface area contributed by atoms with E-state index < -0.39 is 23.5 Å². The van der Waals surface area contributed by atoms with Gasteiger partial charge < -0.3 is 10.2 Å². The molecule has 3 aromatic rings. The van der Waals surface area contributed by atoms with Crippen molar-refractivity contribution >= 4 is 23.1 Å². The number of rotatable bonds is 3. The normalized spacial score (nSPS) is 17.9. The number of phenols is 1. The van der Waals surface area contributed by atoms with E-state index in [0.29, 0.717) is 11.1 Å². The van der Waals surface area contributed by atoms with Crippen molar-refractivity contribution in [3.8, 4) is 5.75 Å². The molecule has 0 saturated carbocycles. The number of Topliss-reactive ketones (excluding diaryl/α,β-unsaturated/α-hetero) is 1. The van der Waals surface area contributed by atoms with Crippen LogP contribution < -0.4 is 4.90 Å². The van der Waals surface area contributed by atoms with E-state index in [9.17, 15) is 24.2 Å². The van der Waals surface area contributed by atoms with E-state index in [1.165, 1.54) is 41.3 Å². The molecule has 0 radical (unpaired) electrons. The number of carbonyl (C=O) groups is 2. The van der Waals surface area contributed by atoms with E-state index in [0.717, 1.165) is 11.1 Å². The third kappa shape index (κ3) is 4.07. The second-order valence-corrected chi connectivity index (χ2v) is 9.52. The van der Waals surface area contributed by atoms with Gasteiger partial charge in [0.05, 0.1) is 11.6 Å². The summed E-state index contributed by atoms with van der Waals surface area (Å²) in [6.07, 6.45) is 0. The second-order valence-electron chi connectivity index (χ2n) is 9.52. The molecule has 3 aromatic carbocycles. The second kappa shape index (κ2) is 8.45. The Morgan fingerprint density at radius 3 is 2.26 bits per heavy atom. The van der Waals surface area contributed by atoms with Gasteiger partial charge in [-0.1, -0.05) is 51.1 Å². The zero-order valence-corrected chi connectivity index (χ0v) is 19.5. The topological polar surface area (TPSA) is 77.8 Å². The lowest BCUT2D eigenvalue weighted by atomic mass is 9.84. The van der Waals surface area contributed by atoms with Crippen molar-refractivity contribution in [3.05, 3.63) is 100 Å². The summed E-state index contributed by atoms with van der Waals surface area (Å²) < 4.78 is 14.0. The van der Waals surface area contributed by atoms with Gasteiger partial charge in [0.25, 0.3) is 11.7 Å². The molecular weight excluding hydrogens is 433 g/mol. The minimum absolute atomic E-state index is 0.0141. The molecule has 2 N–H and O–H groups in total. The minimum atomic E-state index is -1.000. The number of aliphatic hydroxyl groups excluding tert-OH is 1. The van der Waals surface area contributed by atoms with E-state index in [4.69, 9.17) is 0 Å². The fourth-order valence-corrected chi connectivity index (χ4v) is 4.19. The fraction of sp³-hybridized carbons (Fsp3) is 0.214. The molecule has 0 spiro atoms. The number of carbonyl (C=O) groups excluding carboxylic acids is 2. The number of benzene rings is 3. The fourth-order valence-electron chi connectivity index (χ4n) is 4.19. The van der Waals surface area contributed by atoms with Gasteiger partial charge in [0.15, 0.2) is 0 Å². The highest BCUT2D eigenvalue weighted by Crippen LogP contribution is 2.43. The average Bonchev–Trinajstić information content (AvgIpc) is 3.04. The van der Waals surface area contributed by atoms with Gasteiger partial charge in [-0.15, -0.1) is 0 Å². The number of anilines is 1. The van der Waals surface area contributed by atoms with Gasteiger partial charge in [-0.05, 0) is 65.4 Å². The Kier molecular flexibility index (Phi) is 5.77. The number of nitrogens with zero attached hydrogens (tertiary/aromatic N) is 1. The zero-order chi connectivity index (χ0) is 24.8. The standard InChI is InChI=1S/C28H26FNO4/c1-16-8-11-18(28(2,3)4)14-22(16)25(32)23-24(17-9-12-21(31)13-10-17)30(27(34)26(23)33)20-7-5-6-19(29)15-20/h5-15,24,31-32H,1-4H3/b25-23+. The van der Waals surface area contributed by atoms with Crippen molar-refractivity contribution in [1.82, 2.24) is 0 Å². The summed E-state index contributed by atoms with van der Waals surface area (Å²) in [4.78, 5) is 27.7. The van der Waals surface area contributed by atoms with Gasteiger partial charge >= 0.3 is 0 Å². The summed E-state index contributed by atoms with van der Waals surface area (Å²) in [6.45, 7) is 7.95. The highest BCUT2D eigenvalue weighted by Gasteiger charge is 2.47. The molecule has 1 heterocycles. The number of amides is 1. The number of aliphatic hydroxyl groups is 1. The van der Waals surface area contributed by atoms with Crippen molar-refractivity contribution in [2.45, 2.75) is 39.2 Å². The Morgan fingerprint density at radius 1 is 0.971 bits per heavy atom. The SMILES string of the molecule is Cc1ccc(C(C)(C)C)cc1/C(O)=C1\C(=O)C(=O)N(c2cccc(F)c2)C1c1ccc(O)cc1. The maximum absolute atomic E-state index is 14.0. The van der Waals surface area contributed by atoms with Gasteiger partial charge in [-0.25, -0.2) is 4.39 Å². The third-order valence-electron chi connectivity index (χ3n) is 6.10. The van der Waals surface area contributed by atoms with E-state index >= 15 is 0 Å². The van der Waals surface area contributed by atoms with Gasteiger partial charge in [0, 0.05) is 11.3 Å². The van der Waals surface area contributed by atoms with Crippen LogP contribution in [0.3, 0.4) is 0 Å². The lowest BCUT2D eigenvalue weighted by molar-refractivity contribution is -0.132. The van der Waals surface area contributed by atoms with Crippen molar-refractivity contribution in [1.29, 1.82) is 0 Å². The van der Waals surface area contributed by atoms with Gasteiger partial charge in [0.2, 0.25) is 0 Å². The van der Waals surface area contributed by atoms with E-state index in [-0.39, 0.29) is 28.2 Å². The summed E-state index contributed by atoms with van der Waals surface area (Å²) in [6, 6.07) is 16.1. The maximum atomic E-state index is 14.0. The quantitative estimate of drug-likeness (QED) is 0.296. The monoisotopic (exact) mass is 459 g/mol. The largest absolute Gasteiger partial charge is 0.508 e. The Hall–Kier alpha value is -3.93. The highest BCUT2D eigenvalue weighted by molar-refractivity contribution is 6.51. The molecule has 1 aliphatic rings. The zero-order valence-electron chi connectivity index (χ0n) is 19.5. The smallest absolute Gasteiger partial charge is 0.300 e. The summed E-state index contributed by atoms with van der Waals surface area (Å²) in [5.41, 5.74) is 2.55. The van der Waals surface area contributed by atoms with Crippen LogP contribution in [-0.4, -0.2) is 21.9 Å². The lowest BCUT2D eigenvalue weighted by Gasteiger charge is -2.26. The van der Waals surface area contributed by atoms with Gasteiger partial charge in [-0.3, -0.25) is 14.5 Å². The molecule has 0 aromatic heterocycles. The lowest BCUT2D eigenvalue weighted by Crippen LogP contribution is -2.29. The molecule has 1 atom stereocenters. The number of phenolic OH excluding ortho intramolecular Hbond substituents is 1. The Bertz CT molecular complexity index is 1320. The average molecular weight is 460 g/mol. The van der Waals surface area contributed by atoms with Crippen LogP contribution in [-0.2, 0) is 15.0 Å². The summed E-state index contributed by atoms with van der Waals surface area (Å²) >= 11 is 0. The molecule has 34 heavy (non-hydrogen) atoms. The predicted molar refractivity (Wildman–Crippen MR) is 129 cm³/mol. The molecule has 5 nitrogen and oxygen atoms in total. The van der Waals surface area contributed by atoms with Crippen LogP contribution in [0.25, 0.3) is 5.76 Å². The van der Waals surface area contributed by atoms with Crippen LogP contribution in [0.15, 0.2) is 72.3 Å². The minimum Gasteiger partial charge on any atom is -0.508 e. The number of aryl methyl sites for hydroxylation is 1. The van der Waals surface area contributed by atoms with Crippen LogP contribution in [0.1, 0.15) is 49.1 Å². The molecule has 1 unspecified atom stereocenters. The van der Waals surface area contributed by atoms with E-state index in [1.807, 2.05) is 45.9 Å². The molecule has 174 valence electrons. The first-order valence-electron chi connectivity index (χ1n) is 11.0. The molecule has 1 amide bonds. The third-order valence-corrected chi connectivity index (χ3v) is 6.10. The number of hydrogen-bond donors (Lipinski definition) is 2. The highest BCUT2D eigenvalue weighted by atomic mass is 19.1. The van der Waals surface area contributed by atoms with Crippen LogP contribution in [0.4, 0.5) is 10.1 Å². The number of hydrogen-bond acceptors (Lipinski definition) is 4. The molecule has 0 bridgehead atoms. The van der Waals surface area contributed by atoms with Crippen LogP contribution in [0.2, 0.25) is 0 Å². The van der Waals surface area contributed by atoms with Gasteiger partial charge in [-0.2, -0.15) is 0 Å². The number of aromatic hydroxyl groups is 1. The van der Waals surface area contributed by atoms with Crippen molar-refractivity contribution in [2.24, 2.45) is 0 Å².